The molecular formula is C15H18ClN5O3. The van der Waals surface area contributed by atoms with Crippen molar-refractivity contribution in [2.75, 3.05) is 31.1 Å². The molecule has 128 valence electrons. The minimum atomic E-state index is -0.443. The predicted octanol–water partition coefficient (Wildman–Crippen LogP) is 2.82. The summed E-state index contributed by atoms with van der Waals surface area (Å²) in [5.41, 5.74) is 0.825. The lowest BCUT2D eigenvalue weighted by atomic mass is 10.2. The monoisotopic (exact) mass is 351 g/mol. The first-order chi connectivity index (χ1) is 11.5. The van der Waals surface area contributed by atoms with Gasteiger partial charge in [0.25, 0.3) is 5.69 Å². The molecule has 3 rings (SSSR count). The number of hydrogen-bond donors (Lipinski definition) is 0. The smallest absolute Gasteiger partial charge is 0.271 e. The van der Waals surface area contributed by atoms with E-state index >= 15 is 0 Å². The van der Waals surface area contributed by atoms with Crippen molar-refractivity contribution in [3.05, 3.63) is 45.1 Å². The molecule has 1 aromatic heterocycles. The molecule has 1 fully saturated rings. The molecule has 2 heterocycles. The van der Waals surface area contributed by atoms with E-state index < -0.39 is 4.92 Å². The maximum Gasteiger partial charge on any atom is 0.271 e. The van der Waals surface area contributed by atoms with Crippen LogP contribution in [0.4, 0.5) is 11.4 Å². The Bertz CT molecular complexity index is 742. The summed E-state index contributed by atoms with van der Waals surface area (Å²) in [6.07, 6.45) is 0. The lowest BCUT2D eigenvalue weighted by Gasteiger charge is -2.38. The lowest BCUT2D eigenvalue weighted by Crippen LogP contribution is -2.47. The standard InChI is InChI=1S/C15H18ClN5O3/c1-10(15-17-11(2)18-24-15)19-5-7-20(8-6-19)14-4-3-12(21(22)23)9-13(14)16/h3-4,9-10H,5-8H2,1-2H3. The molecule has 0 amide bonds. The maximum atomic E-state index is 10.8. The van der Waals surface area contributed by atoms with Crippen molar-refractivity contribution >= 4 is 23.0 Å². The van der Waals surface area contributed by atoms with Crippen molar-refractivity contribution < 1.29 is 9.45 Å². The Balaban J connectivity index is 1.66. The minimum absolute atomic E-state index is 0.00257. The molecule has 0 saturated carbocycles. The molecule has 0 N–H and O–H groups in total. The summed E-state index contributed by atoms with van der Waals surface area (Å²) in [6.45, 7) is 7.02. The fraction of sp³-hybridized carbons (Fsp3) is 0.467. The predicted molar refractivity (Wildman–Crippen MR) is 89.3 cm³/mol. The summed E-state index contributed by atoms with van der Waals surface area (Å²) in [5, 5.41) is 15.0. The van der Waals surface area contributed by atoms with Crippen LogP contribution in [-0.2, 0) is 0 Å². The summed E-state index contributed by atoms with van der Waals surface area (Å²) in [7, 11) is 0. The second kappa shape index (κ2) is 6.74. The molecule has 1 unspecified atom stereocenters. The van der Waals surface area contributed by atoms with E-state index in [9.17, 15) is 10.1 Å². The van der Waals surface area contributed by atoms with E-state index in [1.807, 2.05) is 6.92 Å². The molecular weight excluding hydrogens is 334 g/mol. The summed E-state index contributed by atoms with van der Waals surface area (Å²) in [5.74, 6) is 1.25. The Hall–Kier alpha value is -2.19. The van der Waals surface area contributed by atoms with Gasteiger partial charge in [0.1, 0.15) is 0 Å². The normalized spacial score (nSPS) is 17.0. The molecule has 2 aromatic rings. The first-order valence-corrected chi connectivity index (χ1v) is 8.06. The Morgan fingerprint density at radius 2 is 2.04 bits per heavy atom. The van der Waals surface area contributed by atoms with Gasteiger partial charge in [-0.05, 0) is 19.9 Å². The fourth-order valence-electron chi connectivity index (χ4n) is 2.85. The molecule has 0 spiro atoms. The molecule has 1 aliphatic heterocycles. The van der Waals surface area contributed by atoms with Crippen LogP contribution < -0.4 is 4.90 Å². The van der Waals surface area contributed by atoms with Crippen LogP contribution in [0.25, 0.3) is 0 Å². The largest absolute Gasteiger partial charge is 0.368 e. The van der Waals surface area contributed by atoms with E-state index in [0.29, 0.717) is 16.7 Å². The number of nitrogens with zero attached hydrogens (tertiary/aromatic N) is 5. The van der Waals surface area contributed by atoms with Gasteiger partial charge in [0.15, 0.2) is 5.82 Å². The van der Waals surface area contributed by atoms with Gasteiger partial charge < -0.3 is 9.42 Å². The molecule has 0 radical (unpaired) electrons. The quantitative estimate of drug-likeness (QED) is 0.618. The van der Waals surface area contributed by atoms with Gasteiger partial charge in [-0.15, -0.1) is 0 Å². The van der Waals surface area contributed by atoms with E-state index in [4.69, 9.17) is 16.1 Å². The average Bonchev–Trinajstić information content (AvgIpc) is 3.00. The van der Waals surface area contributed by atoms with Crippen molar-refractivity contribution in [3.8, 4) is 0 Å². The Morgan fingerprint density at radius 3 is 2.58 bits per heavy atom. The highest BCUT2D eigenvalue weighted by Gasteiger charge is 2.26. The third kappa shape index (κ3) is 3.34. The zero-order chi connectivity index (χ0) is 17.3. The van der Waals surface area contributed by atoms with Gasteiger partial charge in [-0.1, -0.05) is 16.8 Å². The van der Waals surface area contributed by atoms with Crippen molar-refractivity contribution in [2.45, 2.75) is 19.9 Å². The van der Waals surface area contributed by atoms with Crippen LogP contribution in [0.15, 0.2) is 22.7 Å². The highest BCUT2D eigenvalue weighted by molar-refractivity contribution is 6.33. The Labute approximate surface area is 144 Å². The van der Waals surface area contributed by atoms with Crippen LogP contribution in [0.1, 0.15) is 24.7 Å². The van der Waals surface area contributed by atoms with Crippen molar-refractivity contribution in [1.82, 2.24) is 15.0 Å². The van der Waals surface area contributed by atoms with E-state index in [1.165, 1.54) is 12.1 Å². The highest BCUT2D eigenvalue weighted by atomic mass is 35.5. The number of nitro benzene ring substituents is 1. The summed E-state index contributed by atoms with van der Waals surface area (Å²) < 4.78 is 5.24. The second-order valence-electron chi connectivity index (χ2n) is 5.77. The van der Waals surface area contributed by atoms with Crippen molar-refractivity contribution in [2.24, 2.45) is 0 Å². The topological polar surface area (TPSA) is 88.5 Å². The van der Waals surface area contributed by atoms with E-state index in [2.05, 4.69) is 19.9 Å². The van der Waals surface area contributed by atoms with Crippen LogP contribution in [-0.4, -0.2) is 46.1 Å². The number of aryl methyl sites for hydroxylation is 1. The first-order valence-electron chi connectivity index (χ1n) is 7.69. The number of non-ortho nitro benzene ring substituents is 1. The highest BCUT2D eigenvalue weighted by Crippen LogP contribution is 2.31. The third-order valence-corrected chi connectivity index (χ3v) is 4.55. The molecule has 1 atom stereocenters. The van der Waals surface area contributed by atoms with Gasteiger partial charge in [-0.3, -0.25) is 15.0 Å². The van der Waals surface area contributed by atoms with E-state index in [-0.39, 0.29) is 11.7 Å². The summed E-state index contributed by atoms with van der Waals surface area (Å²) in [6, 6.07) is 4.64. The third-order valence-electron chi connectivity index (χ3n) is 4.25. The zero-order valence-corrected chi connectivity index (χ0v) is 14.2. The summed E-state index contributed by atoms with van der Waals surface area (Å²) >= 11 is 6.21. The molecule has 24 heavy (non-hydrogen) atoms. The van der Waals surface area contributed by atoms with Gasteiger partial charge in [0.2, 0.25) is 5.89 Å². The number of aromatic nitrogens is 2. The molecule has 8 nitrogen and oxygen atoms in total. The van der Waals surface area contributed by atoms with Crippen LogP contribution in [0.2, 0.25) is 5.02 Å². The molecule has 0 aliphatic carbocycles. The fourth-order valence-corrected chi connectivity index (χ4v) is 3.15. The second-order valence-corrected chi connectivity index (χ2v) is 6.18. The first kappa shape index (κ1) is 16.7. The van der Waals surface area contributed by atoms with Gasteiger partial charge in [-0.25, -0.2) is 0 Å². The number of nitro groups is 1. The number of piperazine rings is 1. The minimum Gasteiger partial charge on any atom is -0.368 e. The average molecular weight is 352 g/mol. The number of hydrogen-bond acceptors (Lipinski definition) is 7. The lowest BCUT2D eigenvalue weighted by molar-refractivity contribution is -0.384. The van der Waals surface area contributed by atoms with Gasteiger partial charge in [0, 0.05) is 38.3 Å². The molecule has 1 aromatic carbocycles. The van der Waals surface area contributed by atoms with E-state index in [0.717, 1.165) is 31.9 Å². The van der Waals surface area contributed by atoms with Crippen LogP contribution in [0.3, 0.4) is 0 Å². The number of anilines is 1. The van der Waals surface area contributed by atoms with Crippen molar-refractivity contribution in [1.29, 1.82) is 0 Å². The number of benzene rings is 1. The molecule has 1 aliphatic rings. The SMILES string of the molecule is Cc1noc(C(C)N2CCN(c3ccc([N+](=O)[O-])cc3Cl)CC2)n1. The Morgan fingerprint density at radius 1 is 1.33 bits per heavy atom. The molecule has 9 heteroatoms. The van der Waals surface area contributed by atoms with Gasteiger partial charge in [0.05, 0.1) is 21.7 Å². The summed E-state index contributed by atoms with van der Waals surface area (Å²) in [4.78, 5) is 19.0. The van der Waals surface area contributed by atoms with E-state index in [1.54, 1.807) is 13.0 Å². The van der Waals surface area contributed by atoms with Gasteiger partial charge in [-0.2, -0.15) is 4.98 Å². The van der Waals surface area contributed by atoms with Gasteiger partial charge >= 0.3 is 0 Å². The molecule has 0 bridgehead atoms. The number of halogens is 1. The maximum absolute atomic E-state index is 10.8. The molecule has 1 saturated heterocycles. The van der Waals surface area contributed by atoms with Crippen LogP contribution >= 0.6 is 11.6 Å². The number of rotatable bonds is 4. The van der Waals surface area contributed by atoms with Crippen molar-refractivity contribution in [3.63, 3.8) is 0 Å². The van der Waals surface area contributed by atoms with Crippen LogP contribution in [0, 0.1) is 17.0 Å². The van der Waals surface area contributed by atoms with Crippen LogP contribution in [0.5, 0.6) is 0 Å². The zero-order valence-electron chi connectivity index (χ0n) is 13.5. The Kier molecular flexibility index (Phi) is 4.68.